The number of rotatable bonds is 6. The lowest BCUT2D eigenvalue weighted by Crippen LogP contribution is -2.25. The molecule has 0 amide bonds. The number of sulfonamides is 1. The van der Waals surface area contributed by atoms with Gasteiger partial charge in [0.05, 0.1) is 12.0 Å². The number of nitrogens with one attached hydrogen (secondary N) is 1. The summed E-state index contributed by atoms with van der Waals surface area (Å²) in [6.45, 7) is 0.181. The maximum atomic E-state index is 11.8. The van der Waals surface area contributed by atoms with Gasteiger partial charge in [0.15, 0.2) is 0 Å². The zero-order valence-electron chi connectivity index (χ0n) is 9.85. The zero-order chi connectivity index (χ0) is 13.6. The van der Waals surface area contributed by atoms with Crippen molar-refractivity contribution in [1.82, 2.24) is 4.72 Å². The Bertz CT molecular complexity index is 498. The summed E-state index contributed by atoms with van der Waals surface area (Å²) in [7, 11) is -2.25. The average Bonchev–Trinajstić information content (AvgIpc) is 2.35. The number of hydrogen-bond acceptors (Lipinski definition) is 4. The highest BCUT2D eigenvalue weighted by Crippen LogP contribution is 2.13. The molecule has 0 saturated carbocycles. The van der Waals surface area contributed by atoms with Crippen molar-refractivity contribution in [1.29, 1.82) is 0 Å². The molecule has 0 fully saturated rings. The average molecular weight is 292 g/mol. The van der Waals surface area contributed by atoms with Gasteiger partial charge >= 0.3 is 5.97 Å². The van der Waals surface area contributed by atoms with Crippen LogP contribution in [0.3, 0.4) is 0 Å². The summed E-state index contributed by atoms with van der Waals surface area (Å²) >= 11 is 5.67. The summed E-state index contributed by atoms with van der Waals surface area (Å²) in [6.07, 6.45) is 0.569. The third kappa shape index (κ3) is 4.64. The number of methoxy groups -OCH3 is 1. The summed E-state index contributed by atoms with van der Waals surface area (Å²) in [5, 5.41) is 0.472. The molecule has 0 bridgehead atoms. The molecule has 0 aliphatic rings. The van der Waals surface area contributed by atoms with E-state index >= 15 is 0 Å². The van der Waals surface area contributed by atoms with Crippen molar-refractivity contribution in [3.63, 3.8) is 0 Å². The van der Waals surface area contributed by atoms with E-state index in [9.17, 15) is 13.2 Å². The minimum atomic E-state index is -3.54. The fourth-order valence-corrected chi connectivity index (χ4v) is 2.44. The molecule has 1 aromatic rings. The largest absolute Gasteiger partial charge is 0.469 e. The maximum absolute atomic E-state index is 11.8. The van der Waals surface area contributed by atoms with Crippen LogP contribution in [0.4, 0.5) is 0 Å². The first-order valence-electron chi connectivity index (χ1n) is 5.28. The first kappa shape index (κ1) is 14.9. The first-order chi connectivity index (χ1) is 8.45. The third-order valence-corrected chi connectivity index (χ3v) is 3.93. The second-order valence-electron chi connectivity index (χ2n) is 3.53. The summed E-state index contributed by atoms with van der Waals surface area (Å²) in [6, 6.07) is 5.85. The van der Waals surface area contributed by atoms with E-state index in [4.69, 9.17) is 11.6 Å². The number of carbonyl (C=O) groups excluding carboxylic acids is 1. The van der Waals surface area contributed by atoms with Crippen molar-refractivity contribution in [3.8, 4) is 0 Å². The minimum absolute atomic E-state index is 0.143. The maximum Gasteiger partial charge on any atom is 0.305 e. The van der Waals surface area contributed by atoms with Gasteiger partial charge in [0.25, 0.3) is 0 Å². The molecule has 0 aromatic heterocycles. The molecule has 0 saturated heterocycles. The normalized spacial score (nSPS) is 11.2. The van der Waals surface area contributed by atoms with Crippen molar-refractivity contribution < 1.29 is 17.9 Å². The molecule has 1 aromatic carbocycles. The van der Waals surface area contributed by atoms with Crippen LogP contribution in [-0.2, 0) is 19.6 Å². The van der Waals surface area contributed by atoms with Crippen LogP contribution in [0.1, 0.15) is 12.8 Å². The van der Waals surface area contributed by atoms with Crippen LogP contribution in [0.5, 0.6) is 0 Å². The number of carbonyl (C=O) groups is 1. The van der Waals surface area contributed by atoms with Gasteiger partial charge in [-0.1, -0.05) is 11.6 Å². The van der Waals surface area contributed by atoms with E-state index < -0.39 is 10.0 Å². The lowest BCUT2D eigenvalue weighted by Gasteiger charge is -2.06. The summed E-state index contributed by atoms with van der Waals surface area (Å²) in [4.78, 5) is 11.0. The molecular formula is C11H14ClNO4S. The molecule has 0 spiro atoms. The van der Waals surface area contributed by atoms with Gasteiger partial charge in [-0.2, -0.15) is 0 Å². The smallest absolute Gasteiger partial charge is 0.305 e. The van der Waals surface area contributed by atoms with Gasteiger partial charge in [-0.15, -0.1) is 0 Å². The second-order valence-corrected chi connectivity index (χ2v) is 5.73. The molecule has 0 unspecified atom stereocenters. The van der Waals surface area contributed by atoms with Crippen LogP contribution in [0.25, 0.3) is 0 Å². The van der Waals surface area contributed by atoms with Crippen LogP contribution in [-0.4, -0.2) is 28.0 Å². The summed E-state index contributed by atoms with van der Waals surface area (Å²) < 4.78 is 30.4. The van der Waals surface area contributed by atoms with Crippen LogP contribution < -0.4 is 4.72 Å². The summed E-state index contributed by atoms with van der Waals surface area (Å²) in [5.41, 5.74) is 0. The van der Waals surface area contributed by atoms with E-state index in [0.29, 0.717) is 11.4 Å². The highest BCUT2D eigenvalue weighted by molar-refractivity contribution is 7.89. The van der Waals surface area contributed by atoms with Crippen LogP contribution in [0.15, 0.2) is 29.2 Å². The number of hydrogen-bond donors (Lipinski definition) is 1. The Balaban J connectivity index is 2.50. The van der Waals surface area contributed by atoms with E-state index in [2.05, 4.69) is 9.46 Å². The number of benzene rings is 1. The molecule has 0 atom stereocenters. The predicted molar refractivity (Wildman–Crippen MR) is 67.9 cm³/mol. The SMILES string of the molecule is COC(=O)CCCNS(=O)(=O)c1ccc(Cl)cc1. The van der Waals surface area contributed by atoms with Gasteiger partial charge in [-0.05, 0) is 30.7 Å². The molecule has 0 radical (unpaired) electrons. The van der Waals surface area contributed by atoms with Crippen molar-refractivity contribution in [2.24, 2.45) is 0 Å². The van der Waals surface area contributed by atoms with Crippen molar-refractivity contribution in [2.45, 2.75) is 17.7 Å². The molecule has 1 N–H and O–H groups in total. The predicted octanol–water partition coefficient (Wildman–Crippen LogP) is 1.57. The van der Waals surface area contributed by atoms with E-state index in [1.165, 1.54) is 31.4 Å². The molecule has 1 rings (SSSR count). The lowest BCUT2D eigenvalue weighted by molar-refractivity contribution is -0.140. The number of ether oxygens (including phenoxy) is 1. The fourth-order valence-electron chi connectivity index (χ4n) is 1.24. The molecule has 5 nitrogen and oxygen atoms in total. The summed E-state index contributed by atoms with van der Waals surface area (Å²) in [5.74, 6) is -0.360. The number of halogens is 1. The molecular weight excluding hydrogens is 278 g/mol. The second kappa shape index (κ2) is 6.72. The van der Waals surface area contributed by atoms with Crippen LogP contribution in [0, 0.1) is 0 Å². The monoisotopic (exact) mass is 291 g/mol. The van der Waals surface area contributed by atoms with Gasteiger partial charge in [-0.3, -0.25) is 4.79 Å². The van der Waals surface area contributed by atoms with Crippen LogP contribution >= 0.6 is 11.6 Å². The Morgan fingerprint density at radius 2 is 1.94 bits per heavy atom. The van der Waals surface area contributed by atoms with E-state index in [1.807, 2.05) is 0 Å². The topological polar surface area (TPSA) is 72.5 Å². The first-order valence-corrected chi connectivity index (χ1v) is 7.14. The van der Waals surface area contributed by atoms with Gasteiger partial charge in [0.2, 0.25) is 10.0 Å². The fraction of sp³-hybridized carbons (Fsp3) is 0.364. The Labute approximate surface area is 111 Å². The van der Waals surface area contributed by atoms with Gasteiger partial charge < -0.3 is 4.74 Å². The Kier molecular flexibility index (Phi) is 5.58. The van der Waals surface area contributed by atoms with Crippen LogP contribution in [0.2, 0.25) is 5.02 Å². The molecule has 0 heterocycles. The minimum Gasteiger partial charge on any atom is -0.469 e. The van der Waals surface area contributed by atoms with Gasteiger partial charge in [-0.25, -0.2) is 13.1 Å². The van der Waals surface area contributed by atoms with E-state index in [1.54, 1.807) is 0 Å². The van der Waals surface area contributed by atoms with Crippen molar-refractivity contribution >= 4 is 27.6 Å². The lowest BCUT2D eigenvalue weighted by atomic mass is 10.3. The highest BCUT2D eigenvalue weighted by atomic mass is 35.5. The van der Waals surface area contributed by atoms with Gasteiger partial charge in [0, 0.05) is 18.0 Å². The Morgan fingerprint density at radius 3 is 2.50 bits per heavy atom. The molecule has 18 heavy (non-hydrogen) atoms. The Hall–Kier alpha value is -1.11. The molecule has 0 aliphatic heterocycles. The Morgan fingerprint density at radius 1 is 1.33 bits per heavy atom. The highest BCUT2D eigenvalue weighted by Gasteiger charge is 2.13. The molecule has 100 valence electrons. The van der Waals surface area contributed by atoms with Crippen molar-refractivity contribution in [2.75, 3.05) is 13.7 Å². The van der Waals surface area contributed by atoms with E-state index in [-0.39, 0.29) is 23.8 Å². The van der Waals surface area contributed by atoms with Crippen molar-refractivity contribution in [3.05, 3.63) is 29.3 Å². The van der Waals surface area contributed by atoms with E-state index in [0.717, 1.165) is 0 Å². The quantitative estimate of drug-likeness (QED) is 0.638. The van der Waals surface area contributed by atoms with Gasteiger partial charge in [0.1, 0.15) is 0 Å². The zero-order valence-corrected chi connectivity index (χ0v) is 11.4. The standard InChI is InChI=1S/C11H14ClNO4S/c1-17-11(14)3-2-8-13-18(15,16)10-6-4-9(12)5-7-10/h4-7,13H,2-3,8H2,1H3. The third-order valence-electron chi connectivity index (χ3n) is 2.20. The number of esters is 1. The molecule has 0 aliphatic carbocycles. The molecule has 7 heteroatoms.